The van der Waals surface area contributed by atoms with E-state index in [-0.39, 0.29) is 12.1 Å². The standard InChI is InChI=1S/C27H29F2N7O/c28-23-13-21(14-24(29)22(23)17-35-9-11-37-12-10-35)36-8-5-19-15-32-27(34-26(19)36)33-20-3-1-18(2-4-20)25-16-30-6-7-31-25/h1-5,8,13-15,25,30-31H,6-7,9-12,16-17H2,(H,32,33,34)/t25-/m0/s1. The van der Waals surface area contributed by atoms with Crippen molar-refractivity contribution in [1.82, 2.24) is 30.1 Å². The van der Waals surface area contributed by atoms with Gasteiger partial charge in [-0.3, -0.25) is 4.90 Å². The number of hydrogen-bond donors (Lipinski definition) is 3. The highest BCUT2D eigenvalue weighted by molar-refractivity contribution is 5.78. The summed E-state index contributed by atoms with van der Waals surface area (Å²) >= 11 is 0. The average molecular weight is 506 g/mol. The second kappa shape index (κ2) is 10.5. The fourth-order valence-corrected chi connectivity index (χ4v) is 4.87. The summed E-state index contributed by atoms with van der Waals surface area (Å²) in [6, 6.07) is 13.0. The van der Waals surface area contributed by atoms with Crippen LogP contribution >= 0.6 is 0 Å². The maximum Gasteiger partial charge on any atom is 0.229 e. The highest BCUT2D eigenvalue weighted by Gasteiger charge is 2.19. The van der Waals surface area contributed by atoms with Gasteiger partial charge in [0.25, 0.3) is 0 Å². The van der Waals surface area contributed by atoms with Crippen molar-refractivity contribution in [3.63, 3.8) is 0 Å². The van der Waals surface area contributed by atoms with Crippen LogP contribution in [-0.4, -0.2) is 65.4 Å². The molecule has 3 N–H and O–H groups in total. The minimum atomic E-state index is -0.571. The van der Waals surface area contributed by atoms with Crippen molar-refractivity contribution >= 4 is 22.7 Å². The number of piperazine rings is 1. The number of benzene rings is 2. The second-order valence-electron chi connectivity index (χ2n) is 9.39. The van der Waals surface area contributed by atoms with Gasteiger partial charge in [-0.25, -0.2) is 13.8 Å². The van der Waals surface area contributed by atoms with E-state index in [1.165, 1.54) is 17.7 Å². The molecule has 6 rings (SSSR count). The Morgan fingerprint density at radius 2 is 1.81 bits per heavy atom. The maximum atomic E-state index is 15.0. The molecule has 0 spiro atoms. The number of halogens is 2. The molecule has 37 heavy (non-hydrogen) atoms. The van der Waals surface area contributed by atoms with Crippen LogP contribution in [0.5, 0.6) is 0 Å². The Labute approximate surface area is 213 Å². The summed E-state index contributed by atoms with van der Waals surface area (Å²) in [5.41, 5.74) is 3.07. The predicted octanol–water partition coefficient (Wildman–Crippen LogP) is 3.51. The van der Waals surface area contributed by atoms with E-state index < -0.39 is 11.6 Å². The van der Waals surface area contributed by atoms with Gasteiger partial charge in [0.15, 0.2) is 0 Å². The van der Waals surface area contributed by atoms with Crippen LogP contribution < -0.4 is 16.0 Å². The van der Waals surface area contributed by atoms with Gasteiger partial charge in [-0.1, -0.05) is 12.1 Å². The van der Waals surface area contributed by atoms with Gasteiger partial charge in [-0.15, -0.1) is 0 Å². The summed E-state index contributed by atoms with van der Waals surface area (Å²) in [5.74, 6) is -0.737. The summed E-state index contributed by atoms with van der Waals surface area (Å²) in [6.07, 6.45) is 3.45. The number of aromatic nitrogens is 3. The van der Waals surface area contributed by atoms with E-state index in [1.807, 2.05) is 23.1 Å². The summed E-state index contributed by atoms with van der Waals surface area (Å²) in [7, 11) is 0. The molecule has 0 aliphatic carbocycles. The molecule has 2 aromatic heterocycles. The predicted molar refractivity (Wildman–Crippen MR) is 138 cm³/mol. The van der Waals surface area contributed by atoms with Gasteiger partial charge in [0.05, 0.1) is 18.9 Å². The van der Waals surface area contributed by atoms with Crippen LogP contribution in [0.1, 0.15) is 17.2 Å². The van der Waals surface area contributed by atoms with Crippen molar-refractivity contribution in [2.24, 2.45) is 0 Å². The Hall–Kier alpha value is -3.44. The highest BCUT2D eigenvalue weighted by Crippen LogP contribution is 2.25. The van der Waals surface area contributed by atoms with Crippen LogP contribution in [0.25, 0.3) is 16.7 Å². The van der Waals surface area contributed by atoms with E-state index >= 15 is 8.78 Å². The van der Waals surface area contributed by atoms with Crippen molar-refractivity contribution in [2.45, 2.75) is 12.6 Å². The van der Waals surface area contributed by atoms with Gasteiger partial charge >= 0.3 is 0 Å². The van der Waals surface area contributed by atoms with Crippen LogP contribution in [0.4, 0.5) is 20.4 Å². The summed E-state index contributed by atoms with van der Waals surface area (Å²) in [5, 5.41) is 10.9. The van der Waals surface area contributed by atoms with E-state index in [1.54, 1.807) is 17.0 Å². The Morgan fingerprint density at radius 1 is 1.03 bits per heavy atom. The van der Waals surface area contributed by atoms with Crippen molar-refractivity contribution < 1.29 is 13.5 Å². The molecule has 4 heterocycles. The van der Waals surface area contributed by atoms with Gasteiger partial charge in [-0.05, 0) is 35.9 Å². The molecule has 0 amide bonds. The molecule has 10 heteroatoms. The van der Waals surface area contributed by atoms with Gasteiger partial charge in [0, 0.05) is 74.3 Å². The molecule has 8 nitrogen and oxygen atoms in total. The van der Waals surface area contributed by atoms with E-state index in [9.17, 15) is 0 Å². The van der Waals surface area contributed by atoms with Crippen LogP contribution in [0.3, 0.4) is 0 Å². The lowest BCUT2D eigenvalue weighted by Crippen LogP contribution is -2.42. The fraction of sp³-hybridized carbons (Fsp3) is 0.333. The van der Waals surface area contributed by atoms with Crippen molar-refractivity contribution in [3.8, 4) is 5.69 Å². The van der Waals surface area contributed by atoms with Gasteiger partial charge in [-0.2, -0.15) is 4.98 Å². The third-order valence-electron chi connectivity index (χ3n) is 6.93. The van der Waals surface area contributed by atoms with Crippen molar-refractivity contribution in [1.29, 1.82) is 0 Å². The molecule has 2 fully saturated rings. The molecule has 0 unspecified atom stereocenters. The Kier molecular flexibility index (Phi) is 6.79. The number of hydrogen-bond acceptors (Lipinski definition) is 7. The number of morpholine rings is 1. The topological polar surface area (TPSA) is 79.3 Å². The number of rotatable bonds is 6. The van der Waals surface area contributed by atoms with Gasteiger partial charge in [0.1, 0.15) is 17.3 Å². The lowest BCUT2D eigenvalue weighted by atomic mass is 10.1. The smallest absolute Gasteiger partial charge is 0.229 e. The summed E-state index contributed by atoms with van der Waals surface area (Å²) in [4.78, 5) is 11.1. The molecule has 0 saturated carbocycles. The van der Waals surface area contributed by atoms with Gasteiger partial charge < -0.3 is 25.3 Å². The first-order chi connectivity index (χ1) is 18.1. The molecule has 2 aliphatic rings. The Bertz CT molecular complexity index is 1360. The number of nitrogens with one attached hydrogen (secondary N) is 3. The van der Waals surface area contributed by atoms with Crippen LogP contribution in [0, 0.1) is 11.6 Å². The third kappa shape index (κ3) is 5.19. The van der Waals surface area contributed by atoms with E-state index in [4.69, 9.17) is 4.74 Å². The summed E-state index contributed by atoms with van der Waals surface area (Å²) < 4.78 is 37.1. The molecular formula is C27H29F2N7O. The zero-order chi connectivity index (χ0) is 25.2. The third-order valence-corrected chi connectivity index (χ3v) is 6.93. The number of fused-ring (bicyclic) bond motifs is 1. The number of ether oxygens (including phenoxy) is 1. The fourth-order valence-electron chi connectivity index (χ4n) is 4.87. The number of nitrogens with zero attached hydrogens (tertiary/aromatic N) is 4. The summed E-state index contributed by atoms with van der Waals surface area (Å²) in [6.45, 7) is 5.52. The molecule has 2 aromatic carbocycles. The second-order valence-corrected chi connectivity index (χ2v) is 9.39. The largest absolute Gasteiger partial charge is 0.379 e. The first kappa shape index (κ1) is 23.9. The van der Waals surface area contributed by atoms with Crippen LogP contribution in [0.15, 0.2) is 54.9 Å². The van der Waals surface area contributed by atoms with Gasteiger partial charge in [0.2, 0.25) is 5.95 Å². The molecule has 2 aliphatic heterocycles. The Morgan fingerprint density at radius 3 is 2.54 bits per heavy atom. The van der Waals surface area contributed by atoms with E-state index in [0.29, 0.717) is 49.6 Å². The lowest BCUT2D eigenvalue weighted by molar-refractivity contribution is 0.0332. The minimum Gasteiger partial charge on any atom is -0.379 e. The van der Waals surface area contributed by atoms with Crippen molar-refractivity contribution in [3.05, 3.63) is 77.6 Å². The van der Waals surface area contributed by atoms with Crippen molar-refractivity contribution in [2.75, 3.05) is 51.3 Å². The lowest BCUT2D eigenvalue weighted by Gasteiger charge is -2.27. The van der Waals surface area contributed by atoms with Crippen LogP contribution in [-0.2, 0) is 11.3 Å². The molecule has 2 saturated heterocycles. The molecule has 4 aromatic rings. The molecular weight excluding hydrogens is 476 g/mol. The zero-order valence-corrected chi connectivity index (χ0v) is 20.4. The quantitative estimate of drug-likeness (QED) is 0.370. The monoisotopic (exact) mass is 505 g/mol. The molecule has 192 valence electrons. The Balaban J connectivity index is 1.23. The van der Waals surface area contributed by atoms with Crippen LogP contribution in [0.2, 0.25) is 0 Å². The maximum absolute atomic E-state index is 15.0. The average Bonchev–Trinajstić information content (AvgIpc) is 3.35. The highest BCUT2D eigenvalue weighted by atomic mass is 19.1. The van der Waals surface area contributed by atoms with E-state index in [2.05, 4.69) is 38.1 Å². The SMILES string of the molecule is Fc1cc(-n2ccc3cnc(Nc4ccc([C@@H]5CNCCN5)cc4)nc32)cc(F)c1CN1CCOCC1. The molecule has 1 atom stereocenters. The zero-order valence-electron chi connectivity index (χ0n) is 20.4. The first-order valence-corrected chi connectivity index (χ1v) is 12.6. The number of anilines is 2. The first-order valence-electron chi connectivity index (χ1n) is 12.6. The minimum absolute atomic E-state index is 0.0711. The molecule has 0 radical (unpaired) electrons. The molecule has 0 bridgehead atoms. The van der Waals surface area contributed by atoms with E-state index in [0.717, 1.165) is 30.7 Å². The normalized spacial score (nSPS) is 18.8.